The molecule has 0 saturated carbocycles. The second-order valence-electron chi connectivity index (χ2n) is 4.44. The predicted octanol–water partition coefficient (Wildman–Crippen LogP) is 3.67. The predicted molar refractivity (Wildman–Crippen MR) is 76.0 cm³/mol. The molecule has 1 atom stereocenters. The number of furan rings is 1. The minimum atomic E-state index is -0.500. The fraction of sp³-hybridized carbons (Fsp3) is 0.308. The highest BCUT2D eigenvalue weighted by Gasteiger charge is 2.17. The average molecular weight is 296 g/mol. The van der Waals surface area contributed by atoms with Crippen molar-refractivity contribution in [3.63, 3.8) is 0 Å². The molecule has 20 heavy (non-hydrogen) atoms. The van der Waals surface area contributed by atoms with Gasteiger partial charge in [-0.3, -0.25) is 10.1 Å². The maximum Gasteiger partial charge on any atom is 0.312 e. The van der Waals surface area contributed by atoms with E-state index in [0.29, 0.717) is 0 Å². The second-order valence-corrected chi connectivity index (χ2v) is 4.88. The van der Waals surface area contributed by atoms with Gasteiger partial charge in [-0.05, 0) is 25.5 Å². The van der Waals surface area contributed by atoms with Crippen LogP contribution in [0.5, 0.6) is 0 Å². The van der Waals surface area contributed by atoms with Gasteiger partial charge in [-0.25, -0.2) is 4.98 Å². The van der Waals surface area contributed by atoms with Gasteiger partial charge >= 0.3 is 5.69 Å². The van der Waals surface area contributed by atoms with Crippen molar-refractivity contribution >= 4 is 23.1 Å². The van der Waals surface area contributed by atoms with Gasteiger partial charge in [0.05, 0.1) is 16.2 Å². The Labute approximate surface area is 120 Å². The molecule has 0 fully saturated rings. The molecule has 2 heterocycles. The first-order chi connectivity index (χ1) is 9.56. The molecule has 2 aromatic rings. The van der Waals surface area contributed by atoms with Crippen LogP contribution in [0, 0.1) is 10.1 Å². The van der Waals surface area contributed by atoms with Crippen molar-refractivity contribution in [2.24, 2.45) is 0 Å². The van der Waals surface area contributed by atoms with Gasteiger partial charge < -0.3 is 9.73 Å². The summed E-state index contributed by atoms with van der Waals surface area (Å²) in [6.45, 7) is 1.93. The van der Waals surface area contributed by atoms with Crippen LogP contribution in [0.1, 0.15) is 19.1 Å². The van der Waals surface area contributed by atoms with E-state index in [1.807, 2.05) is 19.1 Å². The Morgan fingerprint density at radius 1 is 1.60 bits per heavy atom. The Hall–Kier alpha value is -2.08. The van der Waals surface area contributed by atoms with E-state index in [4.69, 9.17) is 16.0 Å². The highest BCUT2D eigenvalue weighted by molar-refractivity contribution is 6.30. The minimum absolute atomic E-state index is 0.0208. The summed E-state index contributed by atoms with van der Waals surface area (Å²) in [6.07, 6.45) is 4.53. The number of aromatic nitrogens is 1. The van der Waals surface area contributed by atoms with E-state index in [1.54, 1.807) is 6.26 Å². The van der Waals surface area contributed by atoms with Crippen molar-refractivity contribution in [3.8, 4) is 0 Å². The number of nitro groups is 1. The fourth-order valence-corrected chi connectivity index (χ4v) is 1.95. The molecule has 7 heteroatoms. The van der Waals surface area contributed by atoms with Crippen LogP contribution in [0.25, 0.3) is 0 Å². The van der Waals surface area contributed by atoms with Crippen molar-refractivity contribution in [2.45, 2.75) is 25.8 Å². The van der Waals surface area contributed by atoms with Gasteiger partial charge in [-0.15, -0.1) is 0 Å². The fourth-order valence-electron chi connectivity index (χ4n) is 1.80. The molecule has 0 spiro atoms. The molecule has 0 aromatic carbocycles. The number of hydrogen-bond donors (Lipinski definition) is 1. The second kappa shape index (κ2) is 6.38. The monoisotopic (exact) mass is 295 g/mol. The van der Waals surface area contributed by atoms with Crippen LogP contribution in [-0.2, 0) is 6.42 Å². The molecular formula is C13H14ClN3O3. The first-order valence-corrected chi connectivity index (χ1v) is 6.53. The van der Waals surface area contributed by atoms with E-state index < -0.39 is 4.92 Å². The molecule has 0 radical (unpaired) electrons. The quantitative estimate of drug-likeness (QED) is 0.649. The lowest BCUT2D eigenvalue weighted by atomic mass is 10.1. The number of pyridine rings is 1. The standard InChI is InChI=1S/C13H14ClN3O3/c1-9(4-5-11-3-2-6-20-11)16-13-12(17(18)19)7-10(14)8-15-13/h2-3,6-9H,4-5H2,1H3,(H,15,16). The molecule has 0 saturated heterocycles. The van der Waals surface area contributed by atoms with Crippen LogP contribution in [0.15, 0.2) is 35.1 Å². The molecule has 0 amide bonds. The molecule has 2 aromatic heterocycles. The van der Waals surface area contributed by atoms with E-state index >= 15 is 0 Å². The third-order valence-electron chi connectivity index (χ3n) is 2.82. The average Bonchev–Trinajstić information content (AvgIpc) is 2.91. The molecule has 6 nitrogen and oxygen atoms in total. The van der Waals surface area contributed by atoms with E-state index in [2.05, 4.69) is 10.3 Å². The number of rotatable bonds is 6. The van der Waals surface area contributed by atoms with Gasteiger partial charge in [0.1, 0.15) is 5.76 Å². The third kappa shape index (κ3) is 3.71. The number of halogens is 1. The molecular weight excluding hydrogens is 282 g/mol. The molecule has 0 aliphatic rings. The number of aryl methyl sites for hydroxylation is 1. The Bertz CT molecular complexity index is 587. The zero-order valence-electron chi connectivity index (χ0n) is 10.9. The highest BCUT2D eigenvalue weighted by Crippen LogP contribution is 2.26. The number of anilines is 1. The molecule has 2 rings (SSSR count). The Morgan fingerprint density at radius 3 is 3.05 bits per heavy atom. The SMILES string of the molecule is CC(CCc1ccco1)Nc1ncc(Cl)cc1[N+](=O)[O-]. The summed E-state index contributed by atoms with van der Waals surface area (Å²) in [7, 11) is 0. The van der Waals surface area contributed by atoms with Crippen LogP contribution >= 0.6 is 11.6 Å². The van der Waals surface area contributed by atoms with Crippen LogP contribution < -0.4 is 5.32 Å². The summed E-state index contributed by atoms with van der Waals surface area (Å²) < 4.78 is 5.24. The number of nitrogens with zero attached hydrogens (tertiary/aromatic N) is 2. The van der Waals surface area contributed by atoms with Crippen LogP contribution in [0.3, 0.4) is 0 Å². The molecule has 0 aliphatic carbocycles. The number of hydrogen-bond acceptors (Lipinski definition) is 5. The summed E-state index contributed by atoms with van der Waals surface area (Å²) in [4.78, 5) is 14.4. The molecule has 1 unspecified atom stereocenters. The first kappa shape index (κ1) is 14.3. The van der Waals surface area contributed by atoms with E-state index in [0.717, 1.165) is 18.6 Å². The van der Waals surface area contributed by atoms with Crippen molar-refractivity contribution < 1.29 is 9.34 Å². The van der Waals surface area contributed by atoms with Crippen molar-refractivity contribution in [1.82, 2.24) is 4.98 Å². The topological polar surface area (TPSA) is 81.2 Å². The van der Waals surface area contributed by atoms with Crippen molar-refractivity contribution in [2.75, 3.05) is 5.32 Å². The Balaban J connectivity index is 2.00. The maximum atomic E-state index is 11.0. The maximum absolute atomic E-state index is 11.0. The lowest BCUT2D eigenvalue weighted by Gasteiger charge is -2.13. The van der Waals surface area contributed by atoms with Crippen LogP contribution in [0.2, 0.25) is 5.02 Å². The van der Waals surface area contributed by atoms with E-state index in [9.17, 15) is 10.1 Å². The summed E-state index contributed by atoms with van der Waals surface area (Å²) >= 11 is 5.72. The van der Waals surface area contributed by atoms with Gasteiger partial charge in [0.15, 0.2) is 0 Å². The van der Waals surface area contributed by atoms with Crippen LogP contribution in [0.4, 0.5) is 11.5 Å². The van der Waals surface area contributed by atoms with Gasteiger partial charge in [-0.1, -0.05) is 11.6 Å². The van der Waals surface area contributed by atoms with Crippen LogP contribution in [-0.4, -0.2) is 15.9 Å². The van der Waals surface area contributed by atoms with Crippen molar-refractivity contribution in [3.05, 3.63) is 51.6 Å². The van der Waals surface area contributed by atoms with Gasteiger partial charge in [0.2, 0.25) is 5.82 Å². The highest BCUT2D eigenvalue weighted by atomic mass is 35.5. The molecule has 0 aliphatic heterocycles. The van der Waals surface area contributed by atoms with Gasteiger partial charge in [0.25, 0.3) is 0 Å². The van der Waals surface area contributed by atoms with Gasteiger partial charge in [0, 0.05) is 24.7 Å². The zero-order valence-corrected chi connectivity index (χ0v) is 11.6. The summed E-state index contributed by atoms with van der Waals surface area (Å²) in [6, 6.07) is 5.04. The van der Waals surface area contributed by atoms with Gasteiger partial charge in [-0.2, -0.15) is 0 Å². The first-order valence-electron chi connectivity index (χ1n) is 6.15. The summed E-state index contributed by atoms with van der Waals surface area (Å²) in [5.41, 5.74) is -0.123. The largest absolute Gasteiger partial charge is 0.469 e. The van der Waals surface area contributed by atoms with E-state index in [-0.39, 0.29) is 22.6 Å². The third-order valence-corrected chi connectivity index (χ3v) is 3.02. The molecule has 0 bridgehead atoms. The normalized spacial score (nSPS) is 12.1. The smallest absolute Gasteiger partial charge is 0.312 e. The Morgan fingerprint density at radius 2 is 2.40 bits per heavy atom. The molecule has 106 valence electrons. The lowest BCUT2D eigenvalue weighted by Crippen LogP contribution is -2.17. The van der Waals surface area contributed by atoms with Crippen molar-refractivity contribution in [1.29, 1.82) is 0 Å². The number of nitrogens with one attached hydrogen (secondary N) is 1. The summed E-state index contributed by atoms with van der Waals surface area (Å²) in [5, 5.41) is 14.2. The Kier molecular flexibility index (Phi) is 4.57. The molecule has 1 N–H and O–H groups in total. The summed E-state index contributed by atoms with van der Waals surface area (Å²) in [5.74, 6) is 1.11. The lowest BCUT2D eigenvalue weighted by molar-refractivity contribution is -0.384. The van der Waals surface area contributed by atoms with E-state index in [1.165, 1.54) is 12.3 Å². The zero-order chi connectivity index (χ0) is 14.5. The minimum Gasteiger partial charge on any atom is -0.469 e.